The molecule has 3 N–H and O–H groups in total. The number of hydrogen-bond donors (Lipinski definition) is 3. The molecule has 0 aliphatic carbocycles. The van der Waals surface area contributed by atoms with E-state index in [-0.39, 0.29) is 6.61 Å². The van der Waals surface area contributed by atoms with Gasteiger partial charge >= 0.3 is 0 Å². The maximum absolute atomic E-state index is 10.1. The van der Waals surface area contributed by atoms with Crippen molar-refractivity contribution in [3.63, 3.8) is 0 Å². The number of aliphatic hydroxyl groups is 3. The van der Waals surface area contributed by atoms with Crippen LogP contribution < -0.4 is 0 Å². The minimum Gasteiger partial charge on any atom is -0.394 e. The summed E-state index contributed by atoms with van der Waals surface area (Å²) in [5.41, 5.74) is 9.37. The second-order valence-electron chi connectivity index (χ2n) is 4.70. The van der Waals surface area contributed by atoms with Gasteiger partial charge in [-0.1, -0.05) is 35.4 Å². The van der Waals surface area contributed by atoms with E-state index >= 15 is 0 Å². The van der Waals surface area contributed by atoms with Crippen LogP contribution in [0.5, 0.6) is 0 Å². The molecule has 1 fully saturated rings. The Kier molecular flexibility index (Phi) is 5.51. The molecule has 1 aromatic rings. The van der Waals surface area contributed by atoms with Crippen molar-refractivity contribution in [3.8, 4) is 0 Å². The Bertz CT molecular complexity index is 494. The highest BCUT2D eigenvalue weighted by Gasteiger charge is 2.44. The average Bonchev–Trinajstić information content (AvgIpc) is 2.52. The van der Waals surface area contributed by atoms with E-state index in [2.05, 4.69) is 10.0 Å². The van der Waals surface area contributed by atoms with Crippen LogP contribution in [-0.2, 0) is 16.1 Å². The lowest BCUT2D eigenvalue weighted by molar-refractivity contribution is -0.279. The highest BCUT2D eigenvalue weighted by Crippen LogP contribution is 2.25. The molecule has 0 spiro atoms. The molecule has 0 aromatic heterocycles. The first-order chi connectivity index (χ1) is 10.2. The molecule has 1 aliphatic heterocycles. The van der Waals surface area contributed by atoms with Crippen molar-refractivity contribution >= 4 is 0 Å². The van der Waals surface area contributed by atoms with Crippen LogP contribution in [0, 0.1) is 0 Å². The molecule has 1 heterocycles. The van der Waals surface area contributed by atoms with Gasteiger partial charge in [0, 0.05) is 4.91 Å². The van der Waals surface area contributed by atoms with Gasteiger partial charge in [0.15, 0.2) is 6.29 Å². The molecule has 0 unspecified atom stereocenters. The minimum absolute atomic E-state index is 0.180. The van der Waals surface area contributed by atoms with Crippen LogP contribution in [0.25, 0.3) is 10.4 Å². The molecule has 1 aromatic carbocycles. The molecular formula is C13H17N3O5. The zero-order valence-corrected chi connectivity index (χ0v) is 11.2. The number of hydrogen-bond acceptors (Lipinski definition) is 6. The normalized spacial score (nSPS) is 32.4. The highest BCUT2D eigenvalue weighted by atomic mass is 16.7. The lowest BCUT2D eigenvalue weighted by Crippen LogP contribution is -2.58. The Morgan fingerprint density at radius 2 is 1.95 bits per heavy atom. The van der Waals surface area contributed by atoms with E-state index in [0.717, 1.165) is 5.56 Å². The average molecular weight is 295 g/mol. The van der Waals surface area contributed by atoms with Crippen molar-refractivity contribution in [1.82, 2.24) is 0 Å². The van der Waals surface area contributed by atoms with Crippen molar-refractivity contribution < 1.29 is 24.8 Å². The molecule has 0 bridgehead atoms. The molecule has 1 aliphatic rings. The minimum atomic E-state index is -1.32. The fourth-order valence-electron chi connectivity index (χ4n) is 2.15. The van der Waals surface area contributed by atoms with E-state index in [1.165, 1.54) is 0 Å². The monoisotopic (exact) mass is 295 g/mol. The standard InChI is InChI=1S/C13H17N3O5/c14-16-15-10-11(18)9(6-17)21-13(12(10)19)20-7-8-4-2-1-3-5-8/h1-5,9-13,17-19H,6-7H2/t9-,10-,11+,12+,13+/m0/s1. The molecular weight excluding hydrogens is 278 g/mol. The SMILES string of the molecule is [N-]=[N+]=N[C@@H]1[C@@H](O)[C@H](OCc2ccccc2)O[C@@H](CO)[C@H]1O. The molecule has 0 saturated carbocycles. The summed E-state index contributed by atoms with van der Waals surface area (Å²) in [5, 5.41) is 32.5. The first kappa shape index (κ1) is 15.7. The number of ether oxygens (including phenoxy) is 2. The van der Waals surface area contributed by atoms with Gasteiger partial charge in [0.05, 0.1) is 25.4 Å². The number of nitrogens with zero attached hydrogens (tertiary/aromatic N) is 3. The van der Waals surface area contributed by atoms with Crippen LogP contribution in [0.4, 0.5) is 0 Å². The molecule has 21 heavy (non-hydrogen) atoms. The molecule has 5 atom stereocenters. The Hall–Kier alpha value is -1.67. The van der Waals surface area contributed by atoms with Crippen molar-refractivity contribution in [3.05, 3.63) is 46.3 Å². The van der Waals surface area contributed by atoms with Gasteiger partial charge in [-0.3, -0.25) is 0 Å². The smallest absolute Gasteiger partial charge is 0.184 e. The molecule has 1 saturated heterocycles. The maximum atomic E-state index is 10.1. The van der Waals surface area contributed by atoms with E-state index in [1.54, 1.807) is 0 Å². The van der Waals surface area contributed by atoms with Gasteiger partial charge in [0.25, 0.3) is 0 Å². The van der Waals surface area contributed by atoms with Crippen molar-refractivity contribution in [2.45, 2.75) is 37.3 Å². The molecule has 0 amide bonds. The first-order valence-electron chi connectivity index (χ1n) is 6.49. The predicted molar refractivity (Wildman–Crippen MR) is 71.9 cm³/mol. The molecule has 114 valence electrons. The van der Waals surface area contributed by atoms with Gasteiger partial charge < -0.3 is 24.8 Å². The van der Waals surface area contributed by atoms with Crippen molar-refractivity contribution in [2.75, 3.05) is 6.61 Å². The van der Waals surface area contributed by atoms with Gasteiger partial charge in [0.1, 0.15) is 12.2 Å². The summed E-state index contributed by atoms with van der Waals surface area (Å²) in [6, 6.07) is 8.11. The Balaban J connectivity index is 2.05. The second-order valence-corrected chi connectivity index (χ2v) is 4.70. The third kappa shape index (κ3) is 3.70. The van der Waals surface area contributed by atoms with Crippen LogP contribution in [0.15, 0.2) is 35.4 Å². The summed E-state index contributed by atoms with van der Waals surface area (Å²) >= 11 is 0. The summed E-state index contributed by atoms with van der Waals surface area (Å²) < 4.78 is 10.8. The van der Waals surface area contributed by atoms with Crippen LogP contribution in [0.3, 0.4) is 0 Å². The Morgan fingerprint density at radius 3 is 2.57 bits per heavy atom. The molecule has 0 radical (unpaired) electrons. The van der Waals surface area contributed by atoms with Gasteiger partial charge in [-0.05, 0) is 11.1 Å². The van der Waals surface area contributed by atoms with Crippen LogP contribution >= 0.6 is 0 Å². The number of aliphatic hydroxyl groups excluding tert-OH is 3. The molecule has 8 heteroatoms. The summed E-state index contributed by atoms with van der Waals surface area (Å²) in [4.78, 5) is 2.59. The van der Waals surface area contributed by atoms with Gasteiger partial charge in [-0.2, -0.15) is 0 Å². The van der Waals surface area contributed by atoms with Crippen LogP contribution in [0.1, 0.15) is 5.56 Å². The summed E-state index contributed by atoms with van der Waals surface area (Å²) in [6.45, 7) is -0.295. The summed E-state index contributed by atoms with van der Waals surface area (Å²) in [5.74, 6) is 0. The number of azide groups is 1. The van der Waals surface area contributed by atoms with Gasteiger partial charge in [-0.15, -0.1) is 0 Å². The summed E-state index contributed by atoms with van der Waals surface area (Å²) in [7, 11) is 0. The third-order valence-corrected chi connectivity index (χ3v) is 3.29. The fourth-order valence-corrected chi connectivity index (χ4v) is 2.15. The first-order valence-corrected chi connectivity index (χ1v) is 6.49. The number of benzene rings is 1. The number of rotatable bonds is 5. The fraction of sp³-hybridized carbons (Fsp3) is 0.538. The largest absolute Gasteiger partial charge is 0.394 e. The van der Waals surface area contributed by atoms with Gasteiger partial charge in [0.2, 0.25) is 0 Å². The second kappa shape index (κ2) is 7.37. The van der Waals surface area contributed by atoms with E-state index in [1.807, 2.05) is 30.3 Å². The van der Waals surface area contributed by atoms with Gasteiger partial charge in [-0.25, -0.2) is 0 Å². The van der Waals surface area contributed by atoms with E-state index < -0.39 is 37.3 Å². The maximum Gasteiger partial charge on any atom is 0.184 e. The lowest BCUT2D eigenvalue weighted by atomic mass is 9.97. The van der Waals surface area contributed by atoms with E-state index in [9.17, 15) is 15.3 Å². The Labute approximate surface area is 121 Å². The third-order valence-electron chi connectivity index (χ3n) is 3.29. The highest BCUT2D eigenvalue weighted by molar-refractivity contribution is 5.13. The van der Waals surface area contributed by atoms with E-state index in [4.69, 9.17) is 15.0 Å². The topological polar surface area (TPSA) is 128 Å². The zero-order chi connectivity index (χ0) is 15.2. The Morgan fingerprint density at radius 1 is 1.24 bits per heavy atom. The van der Waals surface area contributed by atoms with Crippen molar-refractivity contribution in [2.24, 2.45) is 5.11 Å². The summed E-state index contributed by atoms with van der Waals surface area (Å²) in [6.07, 6.45) is -4.69. The zero-order valence-electron chi connectivity index (χ0n) is 11.2. The molecule has 8 nitrogen and oxygen atoms in total. The predicted octanol–water partition coefficient (Wildman–Crippen LogP) is 0.321. The van der Waals surface area contributed by atoms with Crippen molar-refractivity contribution in [1.29, 1.82) is 0 Å². The lowest BCUT2D eigenvalue weighted by Gasteiger charge is -2.40. The molecule has 2 rings (SSSR count). The van der Waals surface area contributed by atoms with Crippen LogP contribution in [0.2, 0.25) is 0 Å². The van der Waals surface area contributed by atoms with Crippen LogP contribution in [-0.4, -0.2) is 52.6 Å². The van der Waals surface area contributed by atoms with E-state index in [0.29, 0.717) is 0 Å². The quantitative estimate of drug-likeness (QED) is 0.409.